The quantitative estimate of drug-likeness (QED) is 0.820. The topological polar surface area (TPSA) is 69.8 Å². The summed E-state index contributed by atoms with van der Waals surface area (Å²) in [6.07, 6.45) is 0. The summed E-state index contributed by atoms with van der Waals surface area (Å²) < 4.78 is 5.61. The second-order valence-electron chi connectivity index (χ2n) is 4.07. The fourth-order valence-corrected chi connectivity index (χ4v) is 2.81. The largest absolute Gasteiger partial charge is 0.378 e. The van der Waals surface area contributed by atoms with Crippen LogP contribution in [0.4, 0.5) is 0 Å². The molecule has 0 fully saturated rings. The molecule has 0 radical (unpaired) electrons. The van der Waals surface area contributed by atoms with E-state index in [-0.39, 0.29) is 0 Å². The highest BCUT2D eigenvalue weighted by atomic mass is 32.1. The molecule has 0 aliphatic heterocycles. The number of nitrogens with one attached hydrogen (secondary N) is 2. The summed E-state index contributed by atoms with van der Waals surface area (Å²) in [4.78, 5) is 11.8. The lowest BCUT2D eigenvalue weighted by Crippen LogP contribution is -2.10. The Hall–Kier alpha value is -1.09. The monoisotopic (exact) mass is 285 g/mol. The molecule has 0 saturated heterocycles. The highest BCUT2D eigenvalue weighted by Gasteiger charge is 2.15. The predicted octanol–water partition coefficient (Wildman–Crippen LogP) is 1.80. The average Bonchev–Trinajstić information content (AvgIpc) is 2.85. The van der Waals surface area contributed by atoms with Crippen LogP contribution in [-0.2, 0) is 17.9 Å². The number of thiazole rings is 1. The summed E-state index contributed by atoms with van der Waals surface area (Å²) in [7, 11) is 5.68. The van der Waals surface area contributed by atoms with E-state index in [1.165, 1.54) is 0 Å². The first-order valence-electron chi connectivity index (χ1n) is 5.37. The van der Waals surface area contributed by atoms with Crippen molar-refractivity contribution in [3.63, 3.8) is 0 Å². The molecule has 0 atom stereocenters. The zero-order valence-electron chi connectivity index (χ0n) is 10.5. The molecule has 2 rings (SSSR count). The molecule has 0 aliphatic carbocycles. The Morgan fingerprint density at radius 1 is 1.33 bits per heavy atom. The summed E-state index contributed by atoms with van der Waals surface area (Å²) in [6.45, 7) is 1.26. The normalized spacial score (nSPS) is 11.3. The lowest BCUT2D eigenvalue weighted by atomic mass is 10.3. The SMILES string of the molecule is COCc1nc(CN(C)C)sc1-c1nc(=S)[nH][nH]1. The minimum absolute atomic E-state index is 0.441. The van der Waals surface area contributed by atoms with Crippen LogP contribution < -0.4 is 0 Å². The molecule has 8 heteroatoms. The molecule has 0 aromatic carbocycles. The Labute approximate surface area is 114 Å². The Bertz CT molecular complexity index is 571. The van der Waals surface area contributed by atoms with Crippen molar-refractivity contribution in [3.8, 4) is 10.7 Å². The molecule has 98 valence electrons. The molecule has 2 heterocycles. The van der Waals surface area contributed by atoms with Crippen LogP contribution in [-0.4, -0.2) is 46.3 Å². The number of rotatable bonds is 5. The highest BCUT2D eigenvalue weighted by molar-refractivity contribution is 7.71. The molecule has 0 unspecified atom stereocenters. The molecule has 2 N–H and O–H groups in total. The van der Waals surface area contributed by atoms with Gasteiger partial charge in [-0.15, -0.1) is 11.3 Å². The fraction of sp³-hybridized carbons (Fsp3) is 0.500. The van der Waals surface area contributed by atoms with Gasteiger partial charge in [0, 0.05) is 13.7 Å². The zero-order valence-corrected chi connectivity index (χ0v) is 12.1. The number of aromatic amines is 2. The molecule has 2 aromatic rings. The van der Waals surface area contributed by atoms with Crippen LogP contribution in [0.5, 0.6) is 0 Å². The number of aromatic nitrogens is 4. The van der Waals surface area contributed by atoms with Gasteiger partial charge in [0.15, 0.2) is 5.82 Å². The molecule has 18 heavy (non-hydrogen) atoms. The summed E-state index contributed by atoms with van der Waals surface area (Å²) in [5.74, 6) is 0.717. The van der Waals surface area contributed by atoms with Crippen molar-refractivity contribution in [3.05, 3.63) is 15.5 Å². The van der Waals surface area contributed by atoms with Gasteiger partial charge in [0.2, 0.25) is 4.77 Å². The Balaban J connectivity index is 2.37. The number of methoxy groups -OCH3 is 1. The van der Waals surface area contributed by atoms with Crippen molar-refractivity contribution in [2.75, 3.05) is 21.2 Å². The van der Waals surface area contributed by atoms with E-state index in [1.54, 1.807) is 18.4 Å². The Morgan fingerprint density at radius 3 is 2.67 bits per heavy atom. The smallest absolute Gasteiger partial charge is 0.213 e. The van der Waals surface area contributed by atoms with E-state index >= 15 is 0 Å². The van der Waals surface area contributed by atoms with E-state index in [2.05, 4.69) is 25.1 Å². The lowest BCUT2D eigenvalue weighted by molar-refractivity contribution is 0.182. The number of H-pyrrole nitrogens is 2. The van der Waals surface area contributed by atoms with Crippen molar-refractivity contribution in [1.82, 2.24) is 25.1 Å². The van der Waals surface area contributed by atoms with E-state index in [4.69, 9.17) is 17.0 Å². The molecule has 0 amide bonds. The molecule has 0 spiro atoms. The van der Waals surface area contributed by atoms with Gasteiger partial charge >= 0.3 is 0 Å². The van der Waals surface area contributed by atoms with Gasteiger partial charge in [-0.05, 0) is 26.3 Å². The van der Waals surface area contributed by atoms with Gasteiger partial charge in [0.25, 0.3) is 0 Å². The van der Waals surface area contributed by atoms with Gasteiger partial charge in [-0.2, -0.15) is 4.98 Å². The standard InChI is InChI=1S/C10H15N5OS2/c1-15(2)4-7-11-6(5-16-3)8(18-7)9-12-10(17)14-13-9/h4-5H2,1-3H3,(H2,12,13,14,17). The second kappa shape index (κ2) is 5.70. The van der Waals surface area contributed by atoms with E-state index in [0.29, 0.717) is 11.4 Å². The van der Waals surface area contributed by atoms with Gasteiger partial charge in [0.05, 0.1) is 17.2 Å². The van der Waals surface area contributed by atoms with Crippen LogP contribution in [0.2, 0.25) is 0 Å². The first kappa shape index (κ1) is 13.3. The number of nitrogens with zero attached hydrogens (tertiary/aromatic N) is 3. The van der Waals surface area contributed by atoms with Crippen LogP contribution in [0, 0.1) is 4.77 Å². The van der Waals surface area contributed by atoms with Crippen molar-refractivity contribution < 1.29 is 4.74 Å². The van der Waals surface area contributed by atoms with Gasteiger partial charge in [0.1, 0.15) is 5.01 Å². The third kappa shape index (κ3) is 3.02. The number of hydrogen-bond donors (Lipinski definition) is 2. The lowest BCUT2D eigenvalue weighted by Gasteiger charge is -2.04. The molecule has 6 nitrogen and oxygen atoms in total. The molecule has 0 bridgehead atoms. The maximum Gasteiger partial charge on any atom is 0.213 e. The van der Waals surface area contributed by atoms with Crippen LogP contribution in [0.3, 0.4) is 0 Å². The zero-order chi connectivity index (χ0) is 13.1. The maximum absolute atomic E-state index is 5.17. The third-order valence-electron chi connectivity index (χ3n) is 2.19. The van der Waals surface area contributed by atoms with E-state index in [1.807, 2.05) is 14.1 Å². The van der Waals surface area contributed by atoms with Gasteiger partial charge in [-0.3, -0.25) is 10.2 Å². The molecular formula is C10H15N5OS2. The van der Waals surface area contributed by atoms with Gasteiger partial charge < -0.3 is 9.64 Å². The van der Waals surface area contributed by atoms with Crippen molar-refractivity contribution in [2.45, 2.75) is 13.2 Å². The summed E-state index contributed by atoms with van der Waals surface area (Å²) in [5, 5.41) is 6.77. The number of ether oxygens (including phenoxy) is 1. The fourth-order valence-electron chi connectivity index (χ4n) is 1.54. The van der Waals surface area contributed by atoms with Crippen molar-refractivity contribution >= 4 is 23.6 Å². The minimum Gasteiger partial charge on any atom is -0.378 e. The van der Waals surface area contributed by atoms with Crippen LogP contribution >= 0.6 is 23.6 Å². The first-order valence-corrected chi connectivity index (χ1v) is 6.60. The van der Waals surface area contributed by atoms with E-state index < -0.39 is 0 Å². The van der Waals surface area contributed by atoms with Crippen molar-refractivity contribution in [2.24, 2.45) is 0 Å². The summed E-state index contributed by atoms with van der Waals surface area (Å²) in [6, 6.07) is 0. The minimum atomic E-state index is 0.441. The molecule has 0 aliphatic rings. The number of hydrogen-bond acceptors (Lipinski definition) is 6. The summed E-state index contributed by atoms with van der Waals surface area (Å²) >= 11 is 6.57. The molecule has 0 saturated carbocycles. The van der Waals surface area contributed by atoms with E-state index in [0.717, 1.165) is 27.9 Å². The third-order valence-corrected chi connectivity index (χ3v) is 3.47. The maximum atomic E-state index is 5.17. The van der Waals surface area contributed by atoms with Crippen LogP contribution in [0.15, 0.2) is 0 Å². The van der Waals surface area contributed by atoms with Crippen molar-refractivity contribution in [1.29, 1.82) is 0 Å². The second-order valence-corrected chi connectivity index (χ2v) is 5.54. The van der Waals surface area contributed by atoms with E-state index in [9.17, 15) is 0 Å². The first-order chi connectivity index (χ1) is 8.60. The Kier molecular flexibility index (Phi) is 4.23. The Morgan fingerprint density at radius 2 is 2.11 bits per heavy atom. The average molecular weight is 285 g/mol. The molecular weight excluding hydrogens is 270 g/mol. The van der Waals surface area contributed by atoms with Gasteiger partial charge in [-0.25, -0.2) is 4.98 Å². The summed E-state index contributed by atoms with van der Waals surface area (Å²) in [5.41, 5.74) is 0.886. The highest BCUT2D eigenvalue weighted by Crippen LogP contribution is 2.28. The van der Waals surface area contributed by atoms with Crippen LogP contribution in [0.25, 0.3) is 10.7 Å². The molecule has 2 aromatic heterocycles. The van der Waals surface area contributed by atoms with Gasteiger partial charge in [-0.1, -0.05) is 0 Å². The van der Waals surface area contributed by atoms with Crippen LogP contribution in [0.1, 0.15) is 10.7 Å². The predicted molar refractivity (Wildman–Crippen MR) is 73.0 cm³/mol.